The van der Waals surface area contributed by atoms with Gasteiger partial charge >= 0.3 is 12.3 Å². The molecule has 5 unspecified atom stereocenters. The molecule has 0 amide bonds. The van der Waals surface area contributed by atoms with E-state index >= 15 is 0 Å². The van der Waals surface area contributed by atoms with Gasteiger partial charge < -0.3 is 20.3 Å². The Balaban J connectivity index is 1.52. The van der Waals surface area contributed by atoms with Gasteiger partial charge in [0, 0.05) is 17.5 Å². The number of carboxylic acid groups (broad SMARTS) is 1. The van der Waals surface area contributed by atoms with Crippen molar-refractivity contribution in [2.45, 2.75) is 64.2 Å². The number of hydrogen-bond acceptors (Lipinski definition) is 5. The van der Waals surface area contributed by atoms with Crippen LogP contribution in [-0.4, -0.2) is 46.6 Å². The molecule has 1 saturated carbocycles. The van der Waals surface area contributed by atoms with E-state index in [-0.39, 0.29) is 23.6 Å². The van der Waals surface area contributed by atoms with E-state index in [1.165, 1.54) is 12.1 Å². The number of hydrogen-bond donors (Lipinski definition) is 4. The van der Waals surface area contributed by atoms with E-state index in [0.717, 1.165) is 16.4 Å². The first kappa shape index (κ1) is 22.5. The smallest absolute Gasteiger partial charge is 0.480 e. The van der Waals surface area contributed by atoms with Crippen molar-refractivity contribution >= 4 is 11.8 Å². The molecule has 7 nitrogen and oxygen atoms in total. The van der Waals surface area contributed by atoms with Crippen LogP contribution in [0.4, 0.5) is 13.2 Å². The topological polar surface area (TPSA) is 95.6 Å². The molecule has 3 rings (SSSR count). The highest BCUT2D eigenvalue weighted by Crippen LogP contribution is 2.35. The number of nitrogens with zero attached hydrogens (tertiary/aromatic N) is 1. The predicted molar refractivity (Wildman–Crippen MR) is 102 cm³/mol. The fourth-order valence-corrected chi connectivity index (χ4v) is 3.59. The van der Waals surface area contributed by atoms with Gasteiger partial charge in [-0.25, -0.2) is 0 Å². The second-order valence-corrected chi connectivity index (χ2v) is 8.34. The van der Waals surface area contributed by atoms with Crippen LogP contribution in [0.2, 0.25) is 0 Å². The second kappa shape index (κ2) is 8.91. The predicted octanol–water partition coefficient (Wildman–Crippen LogP) is 1.53. The third-order valence-electron chi connectivity index (χ3n) is 5.24. The number of halogens is 3. The van der Waals surface area contributed by atoms with E-state index in [9.17, 15) is 28.2 Å². The summed E-state index contributed by atoms with van der Waals surface area (Å²) in [6.07, 6.45) is -3.50. The normalized spacial score (nSPS) is 24.9. The Bertz CT molecular complexity index is 782. The zero-order valence-electron chi connectivity index (χ0n) is 16.8. The van der Waals surface area contributed by atoms with Crippen LogP contribution in [0.25, 0.3) is 0 Å². The number of carboxylic acids is 1. The number of aliphatic hydroxyl groups is 1. The summed E-state index contributed by atoms with van der Waals surface area (Å²) in [7, 11) is 0. The summed E-state index contributed by atoms with van der Waals surface area (Å²) in [5.74, 6) is -0.108. The summed E-state index contributed by atoms with van der Waals surface area (Å²) in [5.41, 5.74) is 0.803. The summed E-state index contributed by atoms with van der Waals surface area (Å²) in [4.78, 5) is 11.6. The molecular formula is C20H27F3N3O4+. The third kappa shape index (κ3) is 6.68. The Hall–Kier alpha value is -2.17. The Labute approximate surface area is 172 Å². The van der Waals surface area contributed by atoms with E-state index in [1.54, 1.807) is 12.1 Å². The van der Waals surface area contributed by atoms with Crippen molar-refractivity contribution < 1.29 is 37.9 Å². The molecule has 1 aromatic carbocycles. The van der Waals surface area contributed by atoms with Crippen LogP contribution in [-0.2, 0) is 11.3 Å². The van der Waals surface area contributed by atoms with Crippen LogP contribution in [0.1, 0.15) is 38.7 Å². The summed E-state index contributed by atoms with van der Waals surface area (Å²) in [5, 5.41) is 27.7. The molecule has 1 aliphatic carbocycles. The number of nitrogens with one attached hydrogen (secondary N) is 2. The van der Waals surface area contributed by atoms with Gasteiger partial charge in [0.15, 0.2) is 0 Å². The monoisotopic (exact) mass is 430 g/mol. The van der Waals surface area contributed by atoms with E-state index in [2.05, 4.69) is 15.2 Å². The Morgan fingerprint density at radius 1 is 1.33 bits per heavy atom. The average molecular weight is 430 g/mol. The fraction of sp³-hybridized carbons (Fsp3) is 0.600. The molecule has 4 N–H and O–H groups in total. The summed E-state index contributed by atoms with van der Waals surface area (Å²) in [6, 6.07) is 4.77. The van der Waals surface area contributed by atoms with Crippen molar-refractivity contribution in [2.24, 2.45) is 16.9 Å². The minimum Gasteiger partial charge on any atom is -0.480 e. The molecule has 1 fully saturated rings. The minimum atomic E-state index is -4.72. The van der Waals surface area contributed by atoms with E-state index in [0.29, 0.717) is 25.8 Å². The summed E-state index contributed by atoms with van der Waals surface area (Å²) >= 11 is 0. The lowest BCUT2D eigenvalue weighted by molar-refractivity contribution is -0.762. The molecule has 1 aromatic rings. The lowest BCUT2D eigenvalue weighted by Crippen LogP contribution is -2.95. The molecule has 2 aliphatic rings. The Morgan fingerprint density at radius 2 is 1.97 bits per heavy atom. The van der Waals surface area contributed by atoms with Crippen LogP contribution in [0.5, 0.6) is 5.75 Å². The highest BCUT2D eigenvalue weighted by Gasteiger charge is 2.47. The van der Waals surface area contributed by atoms with Crippen LogP contribution in [0, 0.1) is 11.8 Å². The number of carbonyl (C=O) groups is 1. The van der Waals surface area contributed by atoms with Crippen molar-refractivity contribution in [2.75, 3.05) is 0 Å². The number of quaternary nitrogens is 1. The van der Waals surface area contributed by atoms with Gasteiger partial charge in [-0.2, -0.15) is 5.01 Å². The van der Waals surface area contributed by atoms with E-state index in [1.807, 2.05) is 13.8 Å². The van der Waals surface area contributed by atoms with Crippen LogP contribution in [0.15, 0.2) is 29.4 Å². The first-order chi connectivity index (χ1) is 14.0. The number of amidine groups is 1. The first-order valence-electron chi connectivity index (χ1n) is 9.97. The highest BCUT2D eigenvalue weighted by molar-refractivity contribution is 5.80. The zero-order chi connectivity index (χ0) is 22.1. The second-order valence-electron chi connectivity index (χ2n) is 8.34. The molecule has 1 heterocycles. The van der Waals surface area contributed by atoms with Gasteiger partial charge in [0.25, 0.3) is 5.84 Å². The van der Waals surface area contributed by atoms with Crippen molar-refractivity contribution in [1.82, 2.24) is 5.32 Å². The van der Waals surface area contributed by atoms with Crippen molar-refractivity contribution in [3.63, 3.8) is 0 Å². The number of benzene rings is 1. The van der Waals surface area contributed by atoms with Crippen molar-refractivity contribution in [3.8, 4) is 5.75 Å². The van der Waals surface area contributed by atoms with Crippen LogP contribution >= 0.6 is 0 Å². The van der Waals surface area contributed by atoms with E-state index < -0.39 is 24.5 Å². The van der Waals surface area contributed by atoms with Crippen molar-refractivity contribution in [3.05, 3.63) is 29.8 Å². The number of aliphatic carboxylic acids is 1. The average Bonchev–Trinajstić information content (AvgIpc) is 3.52. The molecule has 0 bridgehead atoms. The molecule has 0 spiro atoms. The Morgan fingerprint density at radius 3 is 2.47 bits per heavy atom. The van der Waals surface area contributed by atoms with E-state index in [4.69, 9.17) is 0 Å². The quantitative estimate of drug-likeness (QED) is 0.427. The SMILES string of the molecule is CC(C)CC(NC(CC1=N[NH+]1Cc1ccc(OC(F)(F)F)cc1)C1CC1O)C(=O)O. The maximum absolute atomic E-state index is 12.2. The molecule has 5 atom stereocenters. The minimum absolute atomic E-state index is 0.00219. The molecule has 10 heteroatoms. The van der Waals surface area contributed by atoms with Gasteiger partial charge in [0.1, 0.15) is 18.3 Å². The molecular weight excluding hydrogens is 403 g/mol. The number of aliphatic hydroxyl groups excluding tert-OH is 1. The van der Waals surface area contributed by atoms with Gasteiger partial charge in [-0.15, -0.1) is 13.2 Å². The van der Waals surface area contributed by atoms with Crippen LogP contribution in [0.3, 0.4) is 0 Å². The molecule has 0 aromatic heterocycles. The number of alkyl halides is 3. The lowest BCUT2D eigenvalue weighted by atomic mass is 10.0. The lowest BCUT2D eigenvalue weighted by Gasteiger charge is -2.23. The summed E-state index contributed by atoms with van der Waals surface area (Å²) in [6.45, 7) is 4.40. The largest absolute Gasteiger partial charge is 0.573 e. The summed E-state index contributed by atoms with van der Waals surface area (Å²) < 4.78 is 40.6. The maximum Gasteiger partial charge on any atom is 0.573 e. The molecule has 166 valence electrons. The van der Waals surface area contributed by atoms with Gasteiger partial charge in [0.05, 0.1) is 12.5 Å². The third-order valence-corrected chi connectivity index (χ3v) is 5.24. The standard InChI is InChI=1S/C20H26F3N3O4/c1-11(2)7-16(19(28)29)24-15(14-8-17(14)27)9-18-25-26(18)10-12-3-5-13(6-4-12)30-20(21,22)23/h3-6,11,14-17,24,27H,7-10H2,1-2H3,(H,28,29)/p+1. The molecule has 0 radical (unpaired) electrons. The fourth-order valence-electron chi connectivity index (χ4n) is 3.59. The van der Waals surface area contributed by atoms with Gasteiger partial charge in [-0.05, 0) is 48.1 Å². The number of ether oxygens (including phenoxy) is 1. The number of rotatable bonds is 11. The molecule has 0 saturated heterocycles. The zero-order valence-corrected chi connectivity index (χ0v) is 16.8. The van der Waals surface area contributed by atoms with Gasteiger partial charge in [-0.1, -0.05) is 13.8 Å². The Kier molecular flexibility index (Phi) is 6.68. The molecule has 1 aliphatic heterocycles. The van der Waals surface area contributed by atoms with Crippen molar-refractivity contribution in [1.29, 1.82) is 0 Å². The first-order valence-corrected chi connectivity index (χ1v) is 9.97. The van der Waals surface area contributed by atoms with Crippen LogP contribution < -0.4 is 15.1 Å². The highest BCUT2D eigenvalue weighted by atomic mass is 19.4. The molecule has 30 heavy (non-hydrogen) atoms. The maximum atomic E-state index is 12.2. The van der Waals surface area contributed by atoms with Gasteiger partial charge in [-0.3, -0.25) is 4.79 Å². The van der Waals surface area contributed by atoms with Gasteiger partial charge in [0.2, 0.25) is 0 Å².